The van der Waals surface area contributed by atoms with Gasteiger partial charge >= 0.3 is 0 Å². The lowest BCUT2D eigenvalue weighted by molar-refractivity contribution is 0.0995. The van der Waals surface area contributed by atoms with Crippen LogP contribution in [0.5, 0.6) is 0 Å². The third kappa shape index (κ3) is 3.51. The number of hydrogen-bond donors (Lipinski definition) is 4. The number of primary amides is 1. The molecule has 1 fully saturated rings. The van der Waals surface area contributed by atoms with E-state index < -0.39 is 5.91 Å². The minimum Gasteiger partial charge on any atom is -0.443 e. The number of benzene rings is 1. The van der Waals surface area contributed by atoms with Crippen LogP contribution in [-0.2, 0) is 0 Å². The molecule has 10 heteroatoms. The van der Waals surface area contributed by atoms with Gasteiger partial charge in [0.05, 0.1) is 5.69 Å². The van der Waals surface area contributed by atoms with Gasteiger partial charge in [0.15, 0.2) is 23.5 Å². The fourth-order valence-corrected chi connectivity index (χ4v) is 3.26. The molecule has 10 nitrogen and oxygen atoms in total. The summed E-state index contributed by atoms with van der Waals surface area (Å²) in [7, 11) is 0. The van der Waals surface area contributed by atoms with Crippen molar-refractivity contribution in [1.82, 2.24) is 20.2 Å². The first-order chi connectivity index (χ1) is 13.1. The van der Waals surface area contributed by atoms with Crippen LogP contribution in [0, 0.1) is 0 Å². The van der Waals surface area contributed by atoms with Gasteiger partial charge in [-0.25, -0.2) is 4.98 Å². The number of fused-ring (bicyclic) bond motifs is 1. The van der Waals surface area contributed by atoms with Gasteiger partial charge in [-0.1, -0.05) is 18.9 Å². The molecule has 1 amide bonds. The summed E-state index contributed by atoms with van der Waals surface area (Å²) in [5.74, 6) is -0.247. The maximum absolute atomic E-state index is 11.7. The molecule has 0 unspecified atom stereocenters. The summed E-state index contributed by atoms with van der Waals surface area (Å²) in [6.45, 7) is 0. The third-order valence-corrected chi connectivity index (χ3v) is 4.67. The molecule has 0 aliphatic heterocycles. The van der Waals surface area contributed by atoms with E-state index >= 15 is 0 Å². The molecule has 6 N–H and O–H groups in total. The predicted octanol–water partition coefficient (Wildman–Crippen LogP) is 1.54. The van der Waals surface area contributed by atoms with Gasteiger partial charge < -0.3 is 26.5 Å². The van der Waals surface area contributed by atoms with E-state index in [1.807, 2.05) is 0 Å². The average molecular weight is 368 g/mol. The van der Waals surface area contributed by atoms with Gasteiger partial charge in [0, 0.05) is 12.1 Å². The van der Waals surface area contributed by atoms with Crippen LogP contribution in [0.1, 0.15) is 36.2 Å². The van der Waals surface area contributed by atoms with Gasteiger partial charge in [0.2, 0.25) is 5.95 Å². The number of aromatic nitrogens is 4. The number of rotatable bonds is 5. The van der Waals surface area contributed by atoms with Gasteiger partial charge in [0.1, 0.15) is 5.52 Å². The van der Waals surface area contributed by atoms with Crippen LogP contribution in [0.15, 0.2) is 29.0 Å². The Morgan fingerprint density at radius 3 is 2.89 bits per heavy atom. The molecular weight excluding hydrogens is 348 g/mol. The van der Waals surface area contributed by atoms with Crippen molar-refractivity contribution in [3.05, 3.63) is 30.3 Å². The maximum Gasteiger partial charge on any atom is 0.273 e. The highest BCUT2D eigenvalue weighted by Gasteiger charge is 2.23. The van der Waals surface area contributed by atoms with Crippen molar-refractivity contribution in [2.75, 3.05) is 10.6 Å². The SMILES string of the molecule is NC(=O)c1nnc(N[C@@H]2CCCC[C@@H]2N)nc1Nc1cccc2ocnc12. The Hall–Kier alpha value is -3.27. The Bertz CT molecular complexity index is 972. The standard InChI is InChI=1S/C17H20N8O2/c18-9-4-1-2-5-10(9)22-17-23-16(14(15(19)26)24-25-17)21-11-6-3-7-12-13(11)20-8-27-12/h3,6-10H,1-2,4-5,18H2,(H2,19,26)(H2,21,22,23,25)/t9-,10+/m0/s1. The molecule has 0 spiro atoms. The third-order valence-electron chi connectivity index (χ3n) is 4.67. The normalized spacial score (nSPS) is 19.7. The highest BCUT2D eigenvalue weighted by molar-refractivity contribution is 5.97. The average Bonchev–Trinajstić information content (AvgIpc) is 3.13. The molecule has 0 radical (unpaired) electrons. The van der Waals surface area contributed by atoms with E-state index in [0.717, 1.165) is 25.7 Å². The van der Waals surface area contributed by atoms with Crippen molar-refractivity contribution in [3.8, 4) is 0 Å². The molecule has 2 aromatic heterocycles. The fraction of sp³-hybridized carbons (Fsp3) is 0.353. The van der Waals surface area contributed by atoms with E-state index in [-0.39, 0.29) is 29.5 Å². The summed E-state index contributed by atoms with van der Waals surface area (Å²) >= 11 is 0. The number of para-hydroxylation sites is 1. The molecule has 1 aliphatic rings. The number of oxazole rings is 1. The number of nitrogens with two attached hydrogens (primary N) is 2. The molecule has 2 atom stereocenters. The lowest BCUT2D eigenvalue weighted by atomic mass is 9.91. The van der Waals surface area contributed by atoms with Crippen LogP contribution in [0.25, 0.3) is 11.1 Å². The summed E-state index contributed by atoms with van der Waals surface area (Å²) in [6, 6.07) is 5.47. The summed E-state index contributed by atoms with van der Waals surface area (Å²) in [5.41, 5.74) is 13.4. The van der Waals surface area contributed by atoms with Crippen LogP contribution < -0.4 is 22.1 Å². The first-order valence-electron chi connectivity index (χ1n) is 8.77. The number of hydrogen-bond acceptors (Lipinski definition) is 9. The van der Waals surface area contributed by atoms with Crippen LogP contribution in [-0.4, -0.2) is 38.2 Å². The van der Waals surface area contributed by atoms with Crippen molar-refractivity contribution in [3.63, 3.8) is 0 Å². The molecule has 0 saturated heterocycles. The Morgan fingerprint density at radius 2 is 2.07 bits per heavy atom. The molecule has 4 rings (SSSR count). The second-order valence-corrected chi connectivity index (χ2v) is 6.53. The van der Waals surface area contributed by atoms with E-state index in [4.69, 9.17) is 15.9 Å². The number of carbonyl (C=O) groups excluding carboxylic acids is 1. The quantitative estimate of drug-likeness (QED) is 0.524. The zero-order chi connectivity index (χ0) is 18.8. The van der Waals surface area contributed by atoms with Gasteiger partial charge in [-0.2, -0.15) is 4.98 Å². The van der Waals surface area contributed by atoms with Crippen LogP contribution >= 0.6 is 0 Å². The Balaban J connectivity index is 1.65. The van der Waals surface area contributed by atoms with Gasteiger partial charge in [-0.05, 0) is 25.0 Å². The second kappa shape index (κ2) is 7.16. The maximum atomic E-state index is 11.7. The Labute approximate surface area is 154 Å². The molecule has 0 bridgehead atoms. The van der Waals surface area contributed by atoms with E-state index in [9.17, 15) is 4.79 Å². The minimum absolute atomic E-state index is 0.0263. The molecule has 3 aromatic rings. The summed E-state index contributed by atoms with van der Waals surface area (Å²) in [5, 5.41) is 14.2. The lowest BCUT2D eigenvalue weighted by Crippen LogP contribution is -2.43. The molecule has 1 aromatic carbocycles. The van der Waals surface area contributed by atoms with Crippen molar-refractivity contribution >= 4 is 34.5 Å². The van der Waals surface area contributed by atoms with Crippen molar-refractivity contribution in [2.45, 2.75) is 37.8 Å². The number of amides is 1. The minimum atomic E-state index is -0.731. The Morgan fingerprint density at radius 1 is 1.22 bits per heavy atom. The lowest BCUT2D eigenvalue weighted by Gasteiger charge is -2.29. The number of carbonyl (C=O) groups is 1. The van der Waals surface area contributed by atoms with E-state index in [2.05, 4.69) is 30.8 Å². The summed E-state index contributed by atoms with van der Waals surface area (Å²) in [6.07, 6.45) is 5.44. The predicted molar refractivity (Wildman–Crippen MR) is 99.5 cm³/mol. The number of nitrogens with zero attached hydrogens (tertiary/aromatic N) is 4. The highest BCUT2D eigenvalue weighted by Crippen LogP contribution is 2.26. The Kier molecular flexibility index (Phi) is 4.55. The zero-order valence-electron chi connectivity index (χ0n) is 14.6. The van der Waals surface area contributed by atoms with Gasteiger partial charge in [0.25, 0.3) is 5.91 Å². The first kappa shape index (κ1) is 17.2. The van der Waals surface area contributed by atoms with E-state index in [1.165, 1.54) is 6.39 Å². The van der Waals surface area contributed by atoms with Gasteiger partial charge in [-0.15, -0.1) is 10.2 Å². The molecule has 140 valence electrons. The van der Waals surface area contributed by atoms with E-state index in [1.54, 1.807) is 18.2 Å². The number of anilines is 3. The second-order valence-electron chi connectivity index (χ2n) is 6.53. The topological polar surface area (TPSA) is 158 Å². The van der Waals surface area contributed by atoms with Crippen LogP contribution in [0.4, 0.5) is 17.5 Å². The molecule has 2 heterocycles. The first-order valence-corrected chi connectivity index (χ1v) is 8.77. The smallest absolute Gasteiger partial charge is 0.273 e. The van der Waals surface area contributed by atoms with Crippen LogP contribution in [0.3, 0.4) is 0 Å². The monoisotopic (exact) mass is 368 g/mol. The van der Waals surface area contributed by atoms with Crippen molar-refractivity contribution < 1.29 is 9.21 Å². The fourth-order valence-electron chi connectivity index (χ4n) is 3.26. The van der Waals surface area contributed by atoms with Crippen LogP contribution in [0.2, 0.25) is 0 Å². The molecule has 1 aliphatic carbocycles. The summed E-state index contributed by atoms with van der Waals surface area (Å²) in [4.78, 5) is 20.3. The summed E-state index contributed by atoms with van der Waals surface area (Å²) < 4.78 is 5.29. The number of nitrogens with one attached hydrogen (secondary N) is 2. The highest BCUT2D eigenvalue weighted by atomic mass is 16.3. The van der Waals surface area contributed by atoms with E-state index in [0.29, 0.717) is 16.8 Å². The largest absolute Gasteiger partial charge is 0.443 e. The van der Waals surface area contributed by atoms with Crippen molar-refractivity contribution in [2.24, 2.45) is 11.5 Å². The molecular formula is C17H20N8O2. The zero-order valence-corrected chi connectivity index (χ0v) is 14.6. The molecule has 27 heavy (non-hydrogen) atoms. The van der Waals surface area contributed by atoms with Crippen molar-refractivity contribution in [1.29, 1.82) is 0 Å². The van der Waals surface area contributed by atoms with Gasteiger partial charge in [-0.3, -0.25) is 4.79 Å². The molecule has 1 saturated carbocycles.